The molecule has 0 bridgehead atoms. The number of nitrogens with one attached hydrogen (secondary N) is 1. The number of phenolic OH excluding ortho intramolecular Hbond substituents is 2. The lowest BCUT2D eigenvalue weighted by Crippen LogP contribution is -2.30. The van der Waals surface area contributed by atoms with Crippen LogP contribution < -0.4 is 19.5 Å². The Kier molecular flexibility index (Phi) is 5.87. The van der Waals surface area contributed by atoms with Crippen LogP contribution in [0.2, 0.25) is 0 Å². The van der Waals surface area contributed by atoms with E-state index in [1.165, 1.54) is 0 Å². The van der Waals surface area contributed by atoms with Gasteiger partial charge < -0.3 is 29.7 Å². The van der Waals surface area contributed by atoms with Gasteiger partial charge in [-0.1, -0.05) is 0 Å². The van der Waals surface area contributed by atoms with Crippen molar-refractivity contribution < 1.29 is 24.4 Å². The Morgan fingerprint density at radius 2 is 1.52 bits per heavy atom. The van der Waals surface area contributed by atoms with Crippen LogP contribution in [0.25, 0.3) is 0 Å². The fourth-order valence-corrected chi connectivity index (χ4v) is 3.15. The summed E-state index contributed by atoms with van der Waals surface area (Å²) in [4.78, 5) is 0. The summed E-state index contributed by atoms with van der Waals surface area (Å²) in [6.45, 7) is 0.762. The Morgan fingerprint density at radius 3 is 2.08 bits per heavy atom. The molecule has 3 rings (SSSR count). The van der Waals surface area contributed by atoms with Gasteiger partial charge in [-0.15, -0.1) is 12.4 Å². The van der Waals surface area contributed by atoms with Crippen LogP contribution in [0.15, 0.2) is 24.3 Å². The van der Waals surface area contributed by atoms with E-state index in [2.05, 4.69) is 5.32 Å². The molecule has 0 fully saturated rings. The maximum Gasteiger partial charge on any atom is 0.203 e. The quantitative estimate of drug-likeness (QED) is 0.721. The molecule has 7 heteroatoms. The van der Waals surface area contributed by atoms with E-state index in [1.807, 2.05) is 12.1 Å². The van der Waals surface area contributed by atoms with Gasteiger partial charge in [0.1, 0.15) is 0 Å². The fraction of sp³-hybridized carbons (Fsp3) is 0.333. The molecule has 0 saturated carbocycles. The standard InChI is InChI=1S/C18H21NO5.ClH/c1-22-15-7-11(8-16(23-2)18(15)24-3)17-12-9-14(21)13(20)6-10(12)4-5-19-17;/h6-9,17,19-21H,4-5H2,1-3H3;1H. The van der Waals surface area contributed by atoms with Gasteiger partial charge in [0, 0.05) is 6.54 Å². The second kappa shape index (κ2) is 7.72. The van der Waals surface area contributed by atoms with Crippen LogP contribution in [0.5, 0.6) is 28.7 Å². The third-order valence-corrected chi connectivity index (χ3v) is 4.31. The minimum atomic E-state index is -0.144. The van der Waals surface area contributed by atoms with Crippen LogP contribution in [0, 0.1) is 0 Å². The third-order valence-electron chi connectivity index (χ3n) is 4.31. The van der Waals surface area contributed by atoms with Crippen molar-refractivity contribution >= 4 is 12.4 Å². The molecule has 0 aromatic heterocycles. The molecule has 0 amide bonds. The zero-order valence-corrected chi connectivity index (χ0v) is 15.1. The number of halogens is 1. The maximum atomic E-state index is 9.88. The predicted octanol–water partition coefficient (Wildman–Crippen LogP) is 2.78. The number of methoxy groups -OCH3 is 3. The van der Waals surface area contributed by atoms with Crippen LogP contribution >= 0.6 is 12.4 Å². The average Bonchev–Trinajstić information content (AvgIpc) is 2.60. The van der Waals surface area contributed by atoms with Crippen molar-refractivity contribution in [1.82, 2.24) is 5.32 Å². The zero-order valence-electron chi connectivity index (χ0n) is 14.3. The Balaban J connectivity index is 0.00000225. The number of ether oxygens (including phenoxy) is 3. The number of rotatable bonds is 4. The smallest absolute Gasteiger partial charge is 0.203 e. The monoisotopic (exact) mass is 367 g/mol. The largest absolute Gasteiger partial charge is 0.504 e. The lowest BCUT2D eigenvalue weighted by molar-refractivity contribution is 0.323. The summed E-state index contributed by atoms with van der Waals surface area (Å²) >= 11 is 0. The maximum absolute atomic E-state index is 9.88. The number of hydrogen-bond donors (Lipinski definition) is 3. The number of fused-ring (bicyclic) bond motifs is 1. The van der Waals surface area contributed by atoms with E-state index in [9.17, 15) is 10.2 Å². The van der Waals surface area contributed by atoms with Crippen molar-refractivity contribution in [2.75, 3.05) is 27.9 Å². The Morgan fingerprint density at radius 1 is 0.920 bits per heavy atom. The highest BCUT2D eigenvalue weighted by Gasteiger charge is 2.25. The van der Waals surface area contributed by atoms with E-state index < -0.39 is 0 Å². The number of phenols is 2. The van der Waals surface area contributed by atoms with Gasteiger partial charge in [0.25, 0.3) is 0 Å². The van der Waals surface area contributed by atoms with E-state index in [0.717, 1.165) is 29.7 Å². The second-order valence-corrected chi connectivity index (χ2v) is 5.64. The van der Waals surface area contributed by atoms with Crippen molar-refractivity contribution in [3.05, 3.63) is 41.0 Å². The zero-order chi connectivity index (χ0) is 17.3. The van der Waals surface area contributed by atoms with Crippen LogP contribution in [0.4, 0.5) is 0 Å². The van der Waals surface area contributed by atoms with Gasteiger partial charge in [0.2, 0.25) is 5.75 Å². The minimum absolute atomic E-state index is 0. The van der Waals surface area contributed by atoms with Crippen LogP contribution in [-0.2, 0) is 6.42 Å². The van der Waals surface area contributed by atoms with Crippen LogP contribution in [-0.4, -0.2) is 38.1 Å². The topological polar surface area (TPSA) is 80.2 Å². The second-order valence-electron chi connectivity index (χ2n) is 5.64. The molecule has 0 saturated heterocycles. The summed E-state index contributed by atoms with van der Waals surface area (Å²) in [5.74, 6) is 1.45. The van der Waals surface area contributed by atoms with E-state index in [1.54, 1.807) is 33.5 Å². The van der Waals surface area contributed by atoms with E-state index in [0.29, 0.717) is 17.2 Å². The molecule has 0 radical (unpaired) electrons. The molecule has 6 nitrogen and oxygen atoms in total. The van der Waals surface area contributed by atoms with Crippen molar-refractivity contribution in [3.8, 4) is 28.7 Å². The highest BCUT2D eigenvalue weighted by molar-refractivity contribution is 5.85. The molecule has 1 aliphatic heterocycles. The van der Waals surface area contributed by atoms with Crippen molar-refractivity contribution in [2.24, 2.45) is 0 Å². The molecule has 1 aliphatic rings. The average molecular weight is 368 g/mol. The summed E-state index contributed by atoms with van der Waals surface area (Å²) in [5.41, 5.74) is 2.85. The molecule has 1 atom stereocenters. The molecule has 25 heavy (non-hydrogen) atoms. The number of benzene rings is 2. The lowest BCUT2D eigenvalue weighted by atomic mass is 9.89. The first-order valence-electron chi connectivity index (χ1n) is 7.67. The van der Waals surface area contributed by atoms with E-state index in [-0.39, 0.29) is 29.9 Å². The molecule has 2 aromatic carbocycles. The summed E-state index contributed by atoms with van der Waals surface area (Å²) in [5, 5.41) is 23.0. The highest BCUT2D eigenvalue weighted by atomic mass is 35.5. The highest BCUT2D eigenvalue weighted by Crippen LogP contribution is 2.43. The Hall–Kier alpha value is -2.31. The molecule has 0 aliphatic carbocycles. The van der Waals surface area contributed by atoms with Gasteiger partial charge in [-0.05, 0) is 47.4 Å². The Bertz CT molecular complexity index is 740. The fourth-order valence-electron chi connectivity index (χ4n) is 3.15. The van der Waals surface area contributed by atoms with Crippen LogP contribution in [0.1, 0.15) is 22.7 Å². The van der Waals surface area contributed by atoms with E-state index >= 15 is 0 Å². The van der Waals surface area contributed by atoms with E-state index in [4.69, 9.17) is 14.2 Å². The predicted molar refractivity (Wildman–Crippen MR) is 96.7 cm³/mol. The number of hydrogen-bond acceptors (Lipinski definition) is 6. The molecule has 0 spiro atoms. The molecule has 3 N–H and O–H groups in total. The van der Waals surface area contributed by atoms with Crippen molar-refractivity contribution in [1.29, 1.82) is 0 Å². The van der Waals surface area contributed by atoms with Gasteiger partial charge in [-0.25, -0.2) is 0 Å². The molecular weight excluding hydrogens is 346 g/mol. The summed E-state index contributed by atoms with van der Waals surface area (Å²) < 4.78 is 16.2. The SMILES string of the molecule is COc1cc(C2NCCc3cc(O)c(O)cc32)cc(OC)c1OC.Cl. The van der Waals surface area contributed by atoms with Crippen molar-refractivity contribution in [3.63, 3.8) is 0 Å². The van der Waals surface area contributed by atoms with Crippen molar-refractivity contribution in [2.45, 2.75) is 12.5 Å². The third kappa shape index (κ3) is 3.41. The molecular formula is C18H22ClNO5. The molecule has 2 aromatic rings. The summed E-state index contributed by atoms with van der Waals surface area (Å²) in [6.07, 6.45) is 0.782. The first-order valence-corrected chi connectivity index (χ1v) is 7.67. The molecule has 136 valence electrons. The summed E-state index contributed by atoms with van der Waals surface area (Å²) in [7, 11) is 4.72. The minimum Gasteiger partial charge on any atom is -0.504 e. The normalized spacial score (nSPS) is 15.7. The van der Waals surface area contributed by atoms with Gasteiger partial charge in [-0.2, -0.15) is 0 Å². The lowest BCUT2D eigenvalue weighted by Gasteiger charge is -2.28. The first-order chi connectivity index (χ1) is 11.6. The number of aromatic hydroxyl groups is 2. The Labute approximate surface area is 152 Å². The first kappa shape index (κ1) is 19.0. The van der Waals surface area contributed by atoms with Gasteiger partial charge >= 0.3 is 0 Å². The molecule has 1 unspecified atom stereocenters. The van der Waals surface area contributed by atoms with Gasteiger partial charge in [0.15, 0.2) is 23.0 Å². The summed E-state index contributed by atoms with van der Waals surface area (Å²) in [6, 6.07) is 6.85. The van der Waals surface area contributed by atoms with Gasteiger partial charge in [0.05, 0.1) is 27.4 Å². The van der Waals surface area contributed by atoms with Crippen LogP contribution in [0.3, 0.4) is 0 Å². The van der Waals surface area contributed by atoms with Gasteiger partial charge in [-0.3, -0.25) is 0 Å². The molecule has 1 heterocycles.